The van der Waals surface area contributed by atoms with Gasteiger partial charge in [0.2, 0.25) is 0 Å². The minimum absolute atomic E-state index is 0.559. The zero-order chi connectivity index (χ0) is 15.9. The average molecular weight is 320 g/mol. The molecule has 3 aliphatic rings. The van der Waals surface area contributed by atoms with Crippen LogP contribution in [0.3, 0.4) is 0 Å². The number of para-hydroxylation sites is 1. The third kappa shape index (κ3) is 2.43. The highest BCUT2D eigenvalue weighted by molar-refractivity contribution is 5.84. The van der Waals surface area contributed by atoms with Crippen LogP contribution in [0.15, 0.2) is 42.6 Å². The van der Waals surface area contributed by atoms with Crippen LogP contribution in [0.4, 0.5) is 0 Å². The van der Waals surface area contributed by atoms with Crippen LogP contribution in [0.1, 0.15) is 62.5 Å². The summed E-state index contributed by atoms with van der Waals surface area (Å²) < 4.78 is 2.57. The summed E-state index contributed by atoms with van der Waals surface area (Å²) in [5.41, 5.74) is 3.06. The van der Waals surface area contributed by atoms with Gasteiger partial charge in [0.1, 0.15) is 0 Å². The van der Waals surface area contributed by atoms with E-state index >= 15 is 0 Å². The third-order valence-electron chi connectivity index (χ3n) is 6.62. The second kappa shape index (κ2) is 6.07. The van der Waals surface area contributed by atoms with Crippen LogP contribution in [-0.2, 0) is 0 Å². The van der Waals surface area contributed by atoms with Crippen molar-refractivity contribution in [2.75, 3.05) is 13.1 Å². The maximum absolute atomic E-state index is 2.74. The molecule has 126 valence electrons. The normalized spacial score (nSPS) is 30.8. The van der Waals surface area contributed by atoms with Crippen LogP contribution >= 0.6 is 0 Å². The maximum atomic E-state index is 2.74. The van der Waals surface area contributed by atoms with Gasteiger partial charge in [-0.05, 0) is 75.6 Å². The highest BCUT2D eigenvalue weighted by Crippen LogP contribution is 2.40. The molecule has 2 nitrogen and oxygen atoms in total. The number of fused-ring (bicyclic) bond motifs is 2. The molecule has 2 saturated heterocycles. The predicted octanol–water partition coefficient (Wildman–Crippen LogP) is 5.26. The first kappa shape index (κ1) is 14.8. The molecule has 1 aliphatic carbocycles. The lowest BCUT2D eigenvalue weighted by Crippen LogP contribution is -2.37. The number of piperidine rings is 1. The van der Waals surface area contributed by atoms with Gasteiger partial charge in [0.15, 0.2) is 0 Å². The molecule has 0 spiro atoms. The molecule has 3 unspecified atom stereocenters. The van der Waals surface area contributed by atoms with Crippen molar-refractivity contribution in [2.24, 2.45) is 0 Å². The summed E-state index contributed by atoms with van der Waals surface area (Å²) in [6.07, 6.45) is 16.7. The van der Waals surface area contributed by atoms with Crippen LogP contribution in [-0.4, -0.2) is 28.6 Å². The fraction of sp³-hybridized carbons (Fsp3) is 0.545. The zero-order valence-corrected chi connectivity index (χ0v) is 14.5. The first-order valence-corrected chi connectivity index (χ1v) is 9.90. The van der Waals surface area contributed by atoms with Crippen LogP contribution in [0.25, 0.3) is 10.9 Å². The Morgan fingerprint density at radius 1 is 0.958 bits per heavy atom. The van der Waals surface area contributed by atoms with E-state index in [0.29, 0.717) is 6.04 Å². The highest BCUT2D eigenvalue weighted by atomic mass is 15.2. The van der Waals surface area contributed by atoms with Crippen molar-refractivity contribution in [3.05, 3.63) is 48.2 Å². The molecule has 3 heterocycles. The Balaban J connectivity index is 1.54. The van der Waals surface area contributed by atoms with E-state index < -0.39 is 0 Å². The molecule has 24 heavy (non-hydrogen) atoms. The van der Waals surface area contributed by atoms with Gasteiger partial charge in [-0.3, -0.25) is 0 Å². The Kier molecular flexibility index (Phi) is 3.74. The van der Waals surface area contributed by atoms with E-state index in [4.69, 9.17) is 0 Å². The summed E-state index contributed by atoms with van der Waals surface area (Å²) in [7, 11) is 0. The predicted molar refractivity (Wildman–Crippen MR) is 101 cm³/mol. The zero-order valence-electron chi connectivity index (χ0n) is 14.5. The number of benzene rings is 1. The summed E-state index contributed by atoms with van der Waals surface area (Å²) in [6, 6.07) is 10.5. The number of allylic oxidation sites excluding steroid dienone is 2. The fourth-order valence-electron chi connectivity index (χ4n) is 5.36. The topological polar surface area (TPSA) is 8.17 Å². The summed E-state index contributed by atoms with van der Waals surface area (Å²) in [5, 5.41) is 1.51. The Morgan fingerprint density at radius 3 is 2.83 bits per heavy atom. The van der Waals surface area contributed by atoms with Crippen molar-refractivity contribution >= 4 is 10.9 Å². The lowest BCUT2D eigenvalue weighted by atomic mass is 9.85. The molecule has 2 aliphatic heterocycles. The van der Waals surface area contributed by atoms with E-state index in [1.54, 1.807) is 5.56 Å². The molecule has 1 aromatic carbocycles. The van der Waals surface area contributed by atoms with Crippen LogP contribution in [0.2, 0.25) is 0 Å². The van der Waals surface area contributed by atoms with Crippen molar-refractivity contribution in [1.29, 1.82) is 0 Å². The minimum atomic E-state index is 0.559. The number of aromatic nitrogens is 1. The van der Waals surface area contributed by atoms with Crippen molar-refractivity contribution in [1.82, 2.24) is 9.47 Å². The number of rotatable bonds is 2. The highest BCUT2D eigenvalue weighted by Gasteiger charge is 2.33. The molecule has 0 radical (unpaired) electrons. The Labute approximate surface area is 145 Å². The molecule has 0 N–H and O–H groups in total. The molecule has 0 bridgehead atoms. The molecular formula is C22H28N2. The number of hydrogen-bond acceptors (Lipinski definition) is 1. The first-order chi connectivity index (χ1) is 11.9. The molecular weight excluding hydrogens is 292 g/mol. The summed E-state index contributed by atoms with van der Waals surface area (Å²) >= 11 is 0. The van der Waals surface area contributed by atoms with E-state index in [-0.39, 0.29) is 0 Å². The van der Waals surface area contributed by atoms with Crippen molar-refractivity contribution in [2.45, 2.75) is 62.9 Å². The van der Waals surface area contributed by atoms with Gasteiger partial charge in [-0.1, -0.05) is 30.4 Å². The molecule has 2 aromatic rings. The average Bonchev–Trinajstić information content (AvgIpc) is 3.26. The quantitative estimate of drug-likeness (QED) is 0.685. The van der Waals surface area contributed by atoms with Gasteiger partial charge in [-0.2, -0.15) is 0 Å². The van der Waals surface area contributed by atoms with Gasteiger partial charge in [0.25, 0.3) is 0 Å². The maximum Gasteiger partial charge on any atom is 0.0516 e. The fourth-order valence-corrected chi connectivity index (χ4v) is 5.36. The Bertz CT molecular complexity index is 756. The van der Waals surface area contributed by atoms with E-state index in [2.05, 4.69) is 52.1 Å². The summed E-state index contributed by atoms with van der Waals surface area (Å²) in [6.45, 7) is 2.64. The van der Waals surface area contributed by atoms with Crippen molar-refractivity contribution in [3.8, 4) is 0 Å². The van der Waals surface area contributed by atoms with Crippen molar-refractivity contribution < 1.29 is 0 Å². The molecule has 2 fully saturated rings. The molecule has 0 amide bonds. The van der Waals surface area contributed by atoms with Gasteiger partial charge in [0.05, 0.1) is 6.04 Å². The van der Waals surface area contributed by atoms with Crippen LogP contribution in [0, 0.1) is 0 Å². The molecule has 1 aromatic heterocycles. The van der Waals surface area contributed by atoms with Crippen LogP contribution < -0.4 is 0 Å². The van der Waals surface area contributed by atoms with Gasteiger partial charge >= 0.3 is 0 Å². The van der Waals surface area contributed by atoms with E-state index in [1.165, 1.54) is 68.9 Å². The second-order valence-corrected chi connectivity index (χ2v) is 7.99. The first-order valence-electron chi connectivity index (χ1n) is 9.90. The monoisotopic (exact) mass is 320 g/mol. The summed E-state index contributed by atoms with van der Waals surface area (Å²) in [5.74, 6) is 0.753. The van der Waals surface area contributed by atoms with E-state index in [1.807, 2.05) is 0 Å². The lowest BCUT2D eigenvalue weighted by molar-refractivity contribution is 0.181. The summed E-state index contributed by atoms with van der Waals surface area (Å²) in [4.78, 5) is 2.74. The van der Waals surface area contributed by atoms with Crippen molar-refractivity contribution in [3.63, 3.8) is 0 Å². The number of hydrogen-bond donors (Lipinski definition) is 0. The van der Waals surface area contributed by atoms with Gasteiger partial charge in [0, 0.05) is 23.1 Å². The van der Waals surface area contributed by atoms with Gasteiger partial charge < -0.3 is 9.47 Å². The number of nitrogens with zero attached hydrogens (tertiary/aromatic N) is 2. The Morgan fingerprint density at radius 2 is 1.92 bits per heavy atom. The third-order valence-corrected chi connectivity index (χ3v) is 6.62. The SMILES string of the molecule is C1=CC(n2cc(C3CCN4CCCC4C3)c3ccccc32)CCC1. The second-order valence-electron chi connectivity index (χ2n) is 7.99. The molecule has 2 heteroatoms. The minimum Gasteiger partial charge on any atom is -0.340 e. The standard InChI is InChI=1S/C22H28N2/c1-2-7-18(8-3-1)24-16-21(20-10-4-5-11-22(20)24)17-12-14-23-13-6-9-19(23)15-17/h2,4-5,7,10-11,16-19H,1,3,6,8-9,12-15H2. The largest absolute Gasteiger partial charge is 0.340 e. The molecule has 0 saturated carbocycles. The van der Waals surface area contributed by atoms with Gasteiger partial charge in [-0.15, -0.1) is 0 Å². The molecule has 3 atom stereocenters. The lowest BCUT2D eigenvalue weighted by Gasteiger charge is -2.34. The smallest absolute Gasteiger partial charge is 0.0516 e. The molecule has 5 rings (SSSR count). The van der Waals surface area contributed by atoms with E-state index in [0.717, 1.165) is 12.0 Å². The van der Waals surface area contributed by atoms with Gasteiger partial charge in [-0.25, -0.2) is 0 Å². The van der Waals surface area contributed by atoms with Crippen LogP contribution in [0.5, 0.6) is 0 Å². The Hall–Kier alpha value is -1.54. The van der Waals surface area contributed by atoms with E-state index in [9.17, 15) is 0 Å².